The van der Waals surface area contributed by atoms with Gasteiger partial charge in [-0.05, 0) is 25.1 Å². The maximum Gasteiger partial charge on any atom is 0.270 e. The fourth-order valence-electron chi connectivity index (χ4n) is 1.49. The van der Waals surface area contributed by atoms with Gasteiger partial charge >= 0.3 is 0 Å². The number of hydrogen-bond acceptors (Lipinski definition) is 4. The van der Waals surface area contributed by atoms with Gasteiger partial charge in [-0.3, -0.25) is 24.5 Å². The zero-order chi connectivity index (χ0) is 13.3. The summed E-state index contributed by atoms with van der Waals surface area (Å²) >= 11 is 0. The van der Waals surface area contributed by atoms with Crippen LogP contribution < -0.4 is 15.8 Å². The third-order valence-corrected chi connectivity index (χ3v) is 3.76. The average molecular weight is 269 g/mol. The van der Waals surface area contributed by atoms with Gasteiger partial charge in [0.15, 0.2) is 0 Å². The molecule has 1 aromatic carbocycles. The molecule has 0 fully saturated rings. The SMILES string of the molecule is CCS(=O)(=O)Nc1ccc2c(=O)[nH][nH]c(=O)c2c1. The first-order chi connectivity index (χ1) is 8.43. The first-order valence-electron chi connectivity index (χ1n) is 5.18. The monoisotopic (exact) mass is 269 g/mol. The predicted molar refractivity (Wildman–Crippen MR) is 68.3 cm³/mol. The van der Waals surface area contributed by atoms with Crippen LogP contribution in [0, 0.1) is 0 Å². The minimum absolute atomic E-state index is 0.0727. The van der Waals surface area contributed by atoms with Gasteiger partial charge in [-0.25, -0.2) is 8.42 Å². The van der Waals surface area contributed by atoms with E-state index in [0.29, 0.717) is 0 Å². The van der Waals surface area contributed by atoms with Crippen molar-refractivity contribution in [3.05, 3.63) is 38.9 Å². The molecule has 18 heavy (non-hydrogen) atoms. The van der Waals surface area contributed by atoms with Crippen molar-refractivity contribution in [2.24, 2.45) is 0 Å². The number of H-pyrrole nitrogens is 2. The lowest BCUT2D eigenvalue weighted by atomic mass is 10.2. The molecule has 0 spiro atoms. The largest absolute Gasteiger partial charge is 0.284 e. The number of aromatic nitrogens is 2. The molecule has 0 bridgehead atoms. The second-order valence-electron chi connectivity index (χ2n) is 3.67. The van der Waals surface area contributed by atoms with Crippen LogP contribution in [0.5, 0.6) is 0 Å². The van der Waals surface area contributed by atoms with E-state index in [9.17, 15) is 18.0 Å². The molecule has 0 aliphatic carbocycles. The van der Waals surface area contributed by atoms with Crippen LogP contribution in [0.25, 0.3) is 10.8 Å². The van der Waals surface area contributed by atoms with Crippen molar-refractivity contribution in [2.45, 2.75) is 6.92 Å². The van der Waals surface area contributed by atoms with Crippen LogP contribution in [0.15, 0.2) is 27.8 Å². The van der Waals surface area contributed by atoms with Crippen molar-refractivity contribution < 1.29 is 8.42 Å². The molecule has 96 valence electrons. The summed E-state index contributed by atoms with van der Waals surface area (Å²) in [7, 11) is -3.41. The number of nitrogens with one attached hydrogen (secondary N) is 3. The van der Waals surface area contributed by atoms with Crippen molar-refractivity contribution in [1.29, 1.82) is 0 Å². The van der Waals surface area contributed by atoms with Crippen LogP contribution in [-0.2, 0) is 10.0 Å². The van der Waals surface area contributed by atoms with Crippen molar-refractivity contribution in [3.63, 3.8) is 0 Å². The van der Waals surface area contributed by atoms with E-state index in [0.717, 1.165) is 0 Å². The highest BCUT2D eigenvalue weighted by Crippen LogP contribution is 2.14. The molecular formula is C10H11N3O4S. The molecule has 7 nitrogen and oxygen atoms in total. The average Bonchev–Trinajstić information content (AvgIpc) is 2.34. The lowest BCUT2D eigenvalue weighted by molar-refractivity contribution is 0.602. The third kappa shape index (κ3) is 2.28. The fourth-order valence-corrected chi connectivity index (χ4v) is 2.12. The van der Waals surface area contributed by atoms with Crippen molar-refractivity contribution in [2.75, 3.05) is 10.5 Å². The van der Waals surface area contributed by atoms with Gasteiger partial charge in [0.25, 0.3) is 11.1 Å². The van der Waals surface area contributed by atoms with Gasteiger partial charge in [0.2, 0.25) is 10.0 Å². The zero-order valence-electron chi connectivity index (χ0n) is 9.48. The highest BCUT2D eigenvalue weighted by Gasteiger charge is 2.09. The molecule has 0 unspecified atom stereocenters. The van der Waals surface area contributed by atoms with E-state index in [4.69, 9.17) is 0 Å². The number of rotatable bonds is 3. The number of aromatic amines is 2. The van der Waals surface area contributed by atoms with Crippen molar-refractivity contribution in [1.82, 2.24) is 10.2 Å². The molecule has 0 atom stereocenters. The molecule has 1 aromatic heterocycles. The Labute approximate surface area is 102 Å². The smallest absolute Gasteiger partial charge is 0.270 e. The minimum atomic E-state index is -3.41. The molecule has 0 amide bonds. The van der Waals surface area contributed by atoms with E-state index in [2.05, 4.69) is 14.9 Å². The Balaban J connectivity index is 2.62. The Morgan fingerprint density at radius 1 is 1.11 bits per heavy atom. The maximum atomic E-state index is 11.5. The van der Waals surface area contributed by atoms with Gasteiger partial charge in [0.05, 0.1) is 16.5 Å². The summed E-state index contributed by atoms with van der Waals surface area (Å²) in [6, 6.07) is 4.16. The predicted octanol–water partition coefficient (Wildman–Crippen LogP) is -0.0220. The zero-order valence-corrected chi connectivity index (χ0v) is 10.3. The third-order valence-electron chi connectivity index (χ3n) is 2.45. The molecule has 0 aliphatic rings. The lowest BCUT2D eigenvalue weighted by Crippen LogP contribution is -2.19. The van der Waals surface area contributed by atoms with E-state index in [1.165, 1.54) is 25.1 Å². The second-order valence-corrected chi connectivity index (χ2v) is 5.69. The van der Waals surface area contributed by atoms with Crippen LogP contribution >= 0.6 is 0 Å². The minimum Gasteiger partial charge on any atom is -0.284 e. The molecule has 2 aromatic rings. The van der Waals surface area contributed by atoms with Crippen LogP contribution in [0.3, 0.4) is 0 Å². The first kappa shape index (κ1) is 12.4. The Morgan fingerprint density at radius 3 is 2.33 bits per heavy atom. The quantitative estimate of drug-likeness (QED) is 0.726. The number of fused-ring (bicyclic) bond motifs is 1. The number of sulfonamides is 1. The van der Waals surface area contributed by atoms with E-state index in [1.54, 1.807) is 0 Å². The first-order valence-corrected chi connectivity index (χ1v) is 6.83. The van der Waals surface area contributed by atoms with Gasteiger partial charge in [-0.15, -0.1) is 0 Å². The highest BCUT2D eigenvalue weighted by molar-refractivity contribution is 7.92. The van der Waals surface area contributed by atoms with E-state index < -0.39 is 21.1 Å². The Kier molecular flexibility index (Phi) is 2.95. The molecular weight excluding hydrogens is 258 g/mol. The molecule has 2 rings (SSSR count). The summed E-state index contributed by atoms with van der Waals surface area (Å²) < 4.78 is 25.1. The maximum absolute atomic E-state index is 11.5. The summed E-state index contributed by atoms with van der Waals surface area (Å²) in [6.07, 6.45) is 0. The summed E-state index contributed by atoms with van der Waals surface area (Å²) in [5.74, 6) is -0.0727. The molecule has 8 heteroatoms. The summed E-state index contributed by atoms with van der Waals surface area (Å²) in [5.41, 5.74) is -0.669. The van der Waals surface area contributed by atoms with Gasteiger partial charge in [-0.2, -0.15) is 0 Å². The normalized spacial score (nSPS) is 11.6. The standard InChI is InChI=1S/C10H11N3O4S/c1-2-18(16,17)13-6-3-4-7-8(5-6)10(15)12-11-9(7)14/h3-5,13H,2H2,1H3,(H,11,14)(H,12,15). The number of benzene rings is 1. The Hall–Kier alpha value is -2.09. The van der Waals surface area contributed by atoms with Crippen LogP contribution in [-0.4, -0.2) is 24.4 Å². The molecule has 0 saturated heterocycles. The van der Waals surface area contributed by atoms with E-state index in [-0.39, 0.29) is 22.2 Å². The van der Waals surface area contributed by atoms with Gasteiger partial charge in [0, 0.05) is 5.69 Å². The number of hydrogen-bond donors (Lipinski definition) is 3. The Bertz CT molecular complexity index is 804. The molecule has 1 heterocycles. The molecule has 0 aliphatic heterocycles. The van der Waals surface area contributed by atoms with Gasteiger partial charge in [0.1, 0.15) is 0 Å². The topological polar surface area (TPSA) is 112 Å². The lowest BCUT2D eigenvalue weighted by Gasteiger charge is -2.06. The molecule has 0 saturated carbocycles. The summed E-state index contributed by atoms with van der Waals surface area (Å²) in [6.45, 7) is 1.50. The van der Waals surface area contributed by atoms with Gasteiger partial charge < -0.3 is 0 Å². The highest BCUT2D eigenvalue weighted by atomic mass is 32.2. The van der Waals surface area contributed by atoms with Crippen LogP contribution in [0.2, 0.25) is 0 Å². The van der Waals surface area contributed by atoms with E-state index >= 15 is 0 Å². The fraction of sp³-hybridized carbons (Fsp3) is 0.200. The van der Waals surface area contributed by atoms with Crippen molar-refractivity contribution >= 4 is 26.5 Å². The van der Waals surface area contributed by atoms with Crippen molar-refractivity contribution in [3.8, 4) is 0 Å². The molecule has 0 radical (unpaired) electrons. The summed E-state index contributed by atoms with van der Waals surface area (Å²) in [5, 5.41) is 4.71. The second kappa shape index (κ2) is 4.30. The van der Waals surface area contributed by atoms with Gasteiger partial charge in [-0.1, -0.05) is 0 Å². The van der Waals surface area contributed by atoms with Crippen LogP contribution in [0.1, 0.15) is 6.92 Å². The molecule has 3 N–H and O–H groups in total. The Morgan fingerprint density at radius 2 is 1.72 bits per heavy atom. The summed E-state index contributed by atoms with van der Waals surface area (Å²) in [4.78, 5) is 22.9. The number of anilines is 1. The van der Waals surface area contributed by atoms with E-state index in [1.807, 2.05) is 0 Å². The van der Waals surface area contributed by atoms with Crippen LogP contribution in [0.4, 0.5) is 5.69 Å².